The van der Waals surface area contributed by atoms with E-state index in [0.717, 1.165) is 23.8 Å². The molecule has 1 aliphatic rings. The summed E-state index contributed by atoms with van der Waals surface area (Å²) in [5, 5.41) is 11.6. The molecule has 5 nitrogen and oxygen atoms in total. The van der Waals surface area contributed by atoms with Gasteiger partial charge in [-0.25, -0.2) is 9.18 Å². The van der Waals surface area contributed by atoms with Gasteiger partial charge in [-0.05, 0) is 36.6 Å². The first-order chi connectivity index (χ1) is 12.0. The van der Waals surface area contributed by atoms with Crippen molar-refractivity contribution in [3.63, 3.8) is 0 Å². The Labute approximate surface area is 144 Å². The highest BCUT2D eigenvalue weighted by Gasteiger charge is 2.41. The number of nitrogens with one attached hydrogen (secondary N) is 1. The fourth-order valence-electron chi connectivity index (χ4n) is 3.12. The molecule has 0 aromatic heterocycles. The van der Waals surface area contributed by atoms with E-state index in [1.807, 2.05) is 30.3 Å². The SMILES string of the molecule is O=C(O)c1ccc(F)c(NC(=O)C2(c3ccccc3)CCOCC2)c1. The van der Waals surface area contributed by atoms with Crippen molar-refractivity contribution in [1.82, 2.24) is 0 Å². The zero-order valence-electron chi connectivity index (χ0n) is 13.5. The number of ether oxygens (including phenoxy) is 1. The van der Waals surface area contributed by atoms with Crippen LogP contribution in [0.3, 0.4) is 0 Å². The first-order valence-corrected chi connectivity index (χ1v) is 8.00. The molecule has 2 N–H and O–H groups in total. The highest BCUT2D eigenvalue weighted by molar-refractivity contribution is 6.00. The van der Waals surface area contributed by atoms with E-state index in [1.54, 1.807) is 0 Å². The summed E-state index contributed by atoms with van der Waals surface area (Å²) in [7, 11) is 0. The fourth-order valence-corrected chi connectivity index (χ4v) is 3.12. The number of rotatable bonds is 4. The highest BCUT2D eigenvalue weighted by atomic mass is 19.1. The molecule has 0 saturated carbocycles. The first-order valence-electron chi connectivity index (χ1n) is 8.00. The number of benzene rings is 2. The van der Waals surface area contributed by atoms with Gasteiger partial charge in [0.05, 0.1) is 16.7 Å². The molecule has 1 saturated heterocycles. The molecule has 6 heteroatoms. The lowest BCUT2D eigenvalue weighted by Gasteiger charge is -2.36. The molecule has 0 unspecified atom stereocenters. The summed E-state index contributed by atoms with van der Waals surface area (Å²) in [5.74, 6) is -2.21. The second-order valence-corrected chi connectivity index (χ2v) is 6.01. The Morgan fingerprint density at radius 3 is 2.40 bits per heavy atom. The van der Waals surface area contributed by atoms with Gasteiger partial charge in [-0.3, -0.25) is 4.79 Å². The fraction of sp³-hybridized carbons (Fsp3) is 0.263. The van der Waals surface area contributed by atoms with Gasteiger partial charge >= 0.3 is 5.97 Å². The lowest BCUT2D eigenvalue weighted by atomic mass is 9.73. The number of carboxylic acids is 1. The molecule has 1 fully saturated rings. The van der Waals surface area contributed by atoms with E-state index in [0.29, 0.717) is 26.1 Å². The predicted octanol–water partition coefficient (Wildman–Crippen LogP) is 3.21. The third kappa shape index (κ3) is 3.39. The number of hydrogen-bond donors (Lipinski definition) is 2. The molecule has 1 amide bonds. The molecular formula is C19H18FNO4. The molecule has 0 bridgehead atoms. The van der Waals surface area contributed by atoms with Gasteiger partial charge in [0.15, 0.2) is 0 Å². The van der Waals surface area contributed by atoms with Gasteiger partial charge in [0, 0.05) is 13.2 Å². The maximum atomic E-state index is 14.1. The molecule has 0 spiro atoms. The normalized spacial score (nSPS) is 16.2. The summed E-state index contributed by atoms with van der Waals surface area (Å²) >= 11 is 0. The minimum Gasteiger partial charge on any atom is -0.478 e. The van der Waals surface area contributed by atoms with E-state index < -0.39 is 17.2 Å². The third-order valence-corrected chi connectivity index (χ3v) is 4.57. The smallest absolute Gasteiger partial charge is 0.335 e. The average molecular weight is 343 g/mol. The second-order valence-electron chi connectivity index (χ2n) is 6.01. The van der Waals surface area contributed by atoms with Crippen molar-refractivity contribution in [2.45, 2.75) is 18.3 Å². The topological polar surface area (TPSA) is 75.6 Å². The van der Waals surface area contributed by atoms with Gasteiger partial charge in [-0.15, -0.1) is 0 Å². The molecule has 0 atom stereocenters. The van der Waals surface area contributed by atoms with Crippen LogP contribution >= 0.6 is 0 Å². The lowest BCUT2D eigenvalue weighted by Crippen LogP contribution is -2.45. The van der Waals surface area contributed by atoms with Crippen LogP contribution in [-0.4, -0.2) is 30.2 Å². The van der Waals surface area contributed by atoms with Crippen LogP contribution in [0, 0.1) is 5.82 Å². The molecule has 2 aromatic rings. The zero-order valence-corrected chi connectivity index (χ0v) is 13.5. The van der Waals surface area contributed by atoms with E-state index in [-0.39, 0.29) is 17.2 Å². The molecule has 0 radical (unpaired) electrons. The van der Waals surface area contributed by atoms with Gasteiger partial charge in [-0.1, -0.05) is 30.3 Å². The molecule has 1 aliphatic heterocycles. The predicted molar refractivity (Wildman–Crippen MR) is 90.2 cm³/mol. The maximum Gasteiger partial charge on any atom is 0.335 e. The summed E-state index contributed by atoms with van der Waals surface area (Å²) in [4.78, 5) is 24.1. The van der Waals surface area contributed by atoms with Crippen LogP contribution in [0.5, 0.6) is 0 Å². The van der Waals surface area contributed by atoms with Crippen LogP contribution < -0.4 is 5.32 Å². The molecular weight excluding hydrogens is 325 g/mol. The Balaban J connectivity index is 1.94. The number of carbonyl (C=O) groups is 2. The number of carboxylic acid groups (broad SMARTS) is 1. The van der Waals surface area contributed by atoms with Crippen LogP contribution in [0.15, 0.2) is 48.5 Å². The van der Waals surface area contributed by atoms with Gasteiger partial charge in [0.25, 0.3) is 0 Å². The molecule has 130 valence electrons. The number of carbonyl (C=O) groups excluding carboxylic acids is 1. The standard InChI is InChI=1S/C19H18FNO4/c20-15-7-6-13(17(22)23)12-16(15)21-18(24)19(8-10-25-11-9-19)14-4-2-1-3-5-14/h1-7,12H,8-11H2,(H,21,24)(H,22,23). The number of halogens is 1. The number of amides is 1. The van der Waals surface area contributed by atoms with Gasteiger partial charge in [0.1, 0.15) is 5.82 Å². The van der Waals surface area contributed by atoms with Crippen molar-refractivity contribution in [2.75, 3.05) is 18.5 Å². The quantitative estimate of drug-likeness (QED) is 0.894. The molecule has 2 aromatic carbocycles. The molecule has 3 rings (SSSR count). The minimum absolute atomic E-state index is 0.0857. The minimum atomic E-state index is -1.18. The van der Waals surface area contributed by atoms with Crippen LogP contribution in [0.25, 0.3) is 0 Å². The van der Waals surface area contributed by atoms with Crippen molar-refractivity contribution in [2.24, 2.45) is 0 Å². The summed E-state index contributed by atoms with van der Waals surface area (Å²) in [6, 6.07) is 12.6. The van der Waals surface area contributed by atoms with E-state index in [9.17, 15) is 14.0 Å². The van der Waals surface area contributed by atoms with Gasteiger partial charge < -0.3 is 15.2 Å². The Hall–Kier alpha value is -2.73. The monoisotopic (exact) mass is 343 g/mol. The zero-order chi connectivity index (χ0) is 17.9. The van der Waals surface area contributed by atoms with Crippen molar-refractivity contribution in [3.05, 3.63) is 65.5 Å². The van der Waals surface area contributed by atoms with E-state index in [1.165, 1.54) is 0 Å². The third-order valence-electron chi connectivity index (χ3n) is 4.57. The molecule has 1 heterocycles. The Morgan fingerprint density at radius 1 is 1.08 bits per heavy atom. The van der Waals surface area contributed by atoms with E-state index >= 15 is 0 Å². The average Bonchev–Trinajstić information content (AvgIpc) is 2.64. The number of anilines is 1. The molecule has 0 aliphatic carbocycles. The van der Waals surface area contributed by atoms with Crippen molar-refractivity contribution >= 4 is 17.6 Å². The Kier molecular flexibility index (Phi) is 4.81. The van der Waals surface area contributed by atoms with Gasteiger partial charge in [-0.2, -0.15) is 0 Å². The molecule has 25 heavy (non-hydrogen) atoms. The number of aromatic carboxylic acids is 1. The summed E-state index contributed by atoms with van der Waals surface area (Å²) < 4.78 is 19.4. The van der Waals surface area contributed by atoms with Crippen LogP contribution in [0.1, 0.15) is 28.8 Å². The lowest BCUT2D eigenvalue weighted by molar-refractivity contribution is -0.125. The Bertz CT molecular complexity index is 785. The highest BCUT2D eigenvalue weighted by Crippen LogP contribution is 2.36. The van der Waals surface area contributed by atoms with Crippen LogP contribution in [0.4, 0.5) is 10.1 Å². The summed E-state index contributed by atoms with van der Waals surface area (Å²) in [6.07, 6.45) is 0.951. The van der Waals surface area contributed by atoms with E-state index in [4.69, 9.17) is 9.84 Å². The summed E-state index contributed by atoms with van der Waals surface area (Å²) in [5.41, 5.74) is -0.208. The van der Waals surface area contributed by atoms with Crippen molar-refractivity contribution in [1.29, 1.82) is 0 Å². The van der Waals surface area contributed by atoms with E-state index in [2.05, 4.69) is 5.32 Å². The van der Waals surface area contributed by atoms with Crippen LogP contribution in [-0.2, 0) is 14.9 Å². The largest absolute Gasteiger partial charge is 0.478 e. The maximum absolute atomic E-state index is 14.1. The van der Waals surface area contributed by atoms with Crippen molar-refractivity contribution < 1.29 is 23.8 Å². The number of hydrogen-bond acceptors (Lipinski definition) is 3. The second kappa shape index (κ2) is 7.03. The first kappa shape index (κ1) is 17.1. The summed E-state index contributed by atoms with van der Waals surface area (Å²) in [6.45, 7) is 0.861. The van der Waals surface area contributed by atoms with Crippen LogP contribution in [0.2, 0.25) is 0 Å². The van der Waals surface area contributed by atoms with Gasteiger partial charge in [0.2, 0.25) is 5.91 Å². The Morgan fingerprint density at radius 2 is 1.76 bits per heavy atom. The van der Waals surface area contributed by atoms with Crippen molar-refractivity contribution in [3.8, 4) is 0 Å².